The fraction of sp³-hybridized carbons (Fsp3) is 0.312. The van der Waals surface area contributed by atoms with Crippen LogP contribution in [0.2, 0.25) is 0 Å². The Morgan fingerprint density at radius 3 is 3.14 bits per heavy atom. The monoisotopic (exact) mass is 299 g/mol. The van der Waals surface area contributed by atoms with E-state index in [2.05, 4.69) is 39.3 Å². The van der Waals surface area contributed by atoms with Crippen molar-refractivity contribution in [2.75, 3.05) is 0 Å². The average Bonchev–Trinajstić information content (AvgIpc) is 3.08. The standard InChI is InChI=1S/C16H17N3OS/c1-11-3-2-4-13(9-11)20-15-14(10-17-12-5-6-12)19-7-8-21-16(19)18-15/h2-4,7-9,12,17H,5-6,10H2,1H3. The normalized spacial score (nSPS) is 14.7. The molecule has 0 bridgehead atoms. The number of ether oxygens (including phenoxy) is 1. The van der Waals surface area contributed by atoms with Crippen LogP contribution in [0.1, 0.15) is 24.1 Å². The molecule has 1 N–H and O–H groups in total. The lowest BCUT2D eigenvalue weighted by molar-refractivity contribution is 0.455. The van der Waals surface area contributed by atoms with Crippen molar-refractivity contribution in [3.8, 4) is 11.6 Å². The summed E-state index contributed by atoms with van der Waals surface area (Å²) in [4.78, 5) is 5.59. The molecule has 108 valence electrons. The molecule has 0 atom stereocenters. The van der Waals surface area contributed by atoms with E-state index in [0.29, 0.717) is 11.9 Å². The van der Waals surface area contributed by atoms with Gasteiger partial charge in [0.1, 0.15) is 11.4 Å². The van der Waals surface area contributed by atoms with Crippen LogP contribution in [0.5, 0.6) is 11.6 Å². The van der Waals surface area contributed by atoms with Gasteiger partial charge in [-0.15, -0.1) is 11.3 Å². The van der Waals surface area contributed by atoms with Crippen LogP contribution in [0.15, 0.2) is 35.8 Å². The highest BCUT2D eigenvalue weighted by molar-refractivity contribution is 7.15. The third kappa shape index (κ3) is 2.66. The molecule has 1 aliphatic carbocycles. The van der Waals surface area contributed by atoms with Crippen LogP contribution in [0, 0.1) is 6.92 Å². The van der Waals surface area contributed by atoms with E-state index in [1.165, 1.54) is 18.4 Å². The van der Waals surface area contributed by atoms with Gasteiger partial charge in [-0.2, -0.15) is 4.98 Å². The van der Waals surface area contributed by atoms with E-state index in [1.54, 1.807) is 11.3 Å². The first kappa shape index (κ1) is 12.9. The van der Waals surface area contributed by atoms with Crippen LogP contribution in [0.4, 0.5) is 0 Å². The van der Waals surface area contributed by atoms with Crippen molar-refractivity contribution in [2.24, 2.45) is 0 Å². The highest BCUT2D eigenvalue weighted by Gasteiger charge is 2.23. The molecule has 1 saturated carbocycles. The molecule has 0 amide bonds. The lowest BCUT2D eigenvalue weighted by Gasteiger charge is -2.07. The number of rotatable bonds is 5. The van der Waals surface area contributed by atoms with Crippen LogP contribution >= 0.6 is 11.3 Å². The van der Waals surface area contributed by atoms with Crippen molar-refractivity contribution in [2.45, 2.75) is 32.4 Å². The van der Waals surface area contributed by atoms with Gasteiger partial charge in [0, 0.05) is 24.2 Å². The third-order valence-corrected chi connectivity index (χ3v) is 4.42. The van der Waals surface area contributed by atoms with E-state index in [0.717, 1.165) is 22.9 Å². The van der Waals surface area contributed by atoms with Crippen LogP contribution in [0.3, 0.4) is 0 Å². The smallest absolute Gasteiger partial charge is 0.243 e. The molecule has 4 rings (SSSR count). The van der Waals surface area contributed by atoms with Crippen molar-refractivity contribution in [3.05, 3.63) is 47.1 Å². The number of hydrogen-bond donors (Lipinski definition) is 1. The molecule has 3 aromatic rings. The van der Waals surface area contributed by atoms with E-state index in [9.17, 15) is 0 Å². The number of imidazole rings is 1. The number of benzene rings is 1. The van der Waals surface area contributed by atoms with Gasteiger partial charge in [-0.3, -0.25) is 4.40 Å². The molecule has 0 radical (unpaired) electrons. The van der Waals surface area contributed by atoms with Gasteiger partial charge in [0.05, 0.1) is 0 Å². The van der Waals surface area contributed by atoms with Gasteiger partial charge < -0.3 is 10.1 Å². The third-order valence-electron chi connectivity index (χ3n) is 3.66. The van der Waals surface area contributed by atoms with E-state index >= 15 is 0 Å². The number of aromatic nitrogens is 2. The first-order chi connectivity index (χ1) is 10.3. The highest BCUT2D eigenvalue weighted by atomic mass is 32.1. The Balaban J connectivity index is 1.65. The van der Waals surface area contributed by atoms with Gasteiger partial charge in [0.25, 0.3) is 0 Å². The van der Waals surface area contributed by atoms with Crippen LogP contribution in [0.25, 0.3) is 4.96 Å². The van der Waals surface area contributed by atoms with Crippen LogP contribution < -0.4 is 10.1 Å². The molecule has 2 heterocycles. The molecule has 21 heavy (non-hydrogen) atoms. The Hall–Kier alpha value is -1.85. The topological polar surface area (TPSA) is 38.6 Å². The lowest BCUT2D eigenvalue weighted by Crippen LogP contribution is -2.16. The minimum atomic E-state index is 0.668. The molecular weight excluding hydrogens is 282 g/mol. The molecule has 0 aliphatic heterocycles. The quantitative estimate of drug-likeness (QED) is 0.780. The molecule has 4 nitrogen and oxygen atoms in total. The Morgan fingerprint density at radius 2 is 2.33 bits per heavy atom. The second-order valence-electron chi connectivity index (χ2n) is 5.49. The van der Waals surface area contributed by atoms with Gasteiger partial charge in [-0.25, -0.2) is 0 Å². The molecule has 1 fully saturated rings. The number of fused-ring (bicyclic) bond motifs is 1. The van der Waals surface area contributed by atoms with Gasteiger partial charge in [-0.05, 0) is 37.5 Å². The number of nitrogens with one attached hydrogen (secondary N) is 1. The van der Waals surface area contributed by atoms with E-state index in [4.69, 9.17) is 4.74 Å². The molecule has 0 saturated heterocycles. The highest BCUT2D eigenvalue weighted by Crippen LogP contribution is 2.29. The Morgan fingerprint density at radius 1 is 1.43 bits per heavy atom. The Labute approximate surface area is 127 Å². The summed E-state index contributed by atoms with van der Waals surface area (Å²) in [6.45, 7) is 2.86. The molecule has 2 aromatic heterocycles. The summed E-state index contributed by atoms with van der Waals surface area (Å²) in [5.74, 6) is 1.55. The predicted molar refractivity (Wildman–Crippen MR) is 84.2 cm³/mol. The van der Waals surface area contributed by atoms with Crippen molar-refractivity contribution in [1.29, 1.82) is 0 Å². The first-order valence-electron chi connectivity index (χ1n) is 7.22. The fourth-order valence-corrected chi connectivity index (χ4v) is 3.10. The summed E-state index contributed by atoms with van der Waals surface area (Å²) in [6, 6.07) is 8.74. The second kappa shape index (κ2) is 5.16. The molecule has 0 unspecified atom stereocenters. The summed E-state index contributed by atoms with van der Waals surface area (Å²) in [6.07, 6.45) is 4.61. The number of aryl methyl sites for hydroxylation is 1. The number of nitrogens with zero attached hydrogens (tertiary/aromatic N) is 2. The van der Waals surface area contributed by atoms with Gasteiger partial charge in [-0.1, -0.05) is 12.1 Å². The van der Waals surface area contributed by atoms with Crippen LogP contribution in [-0.4, -0.2) is 15.4 Å². The summed E-state index contributed by atoms with van der Waals surface area (Å²) >= 11 is 1.63. The fourth-order valence-electron chi connectivity index (χ4n) is 2.37. The SMILES string of the molecule is Cc1cccc(Oc2nc3sccn3c2CNC2CC2)c1. The maximum absolute atomic E-state index is 6.02. The van der Waals surface area contributed by atoms with E-state index < -0.39 is 0 Å². The van der Waals surface area contributed by atoms with Crippen molar-refractivity contribution in [3.63, 3.8) is 0 Å². The summed E-state index contributed by atoms with van der Waals surface area (Å²) in [7, 11) is 0. The molecule has 1 aliphatic rings. The van der Waals surface area contributed by atoms with Gasteiger partial charge in [0.15, 0.2) is 4.96 Å². The first-order valence-corrected chi connectivity index (χ1v) is 8.10. The summed E-state index contributed by atoms with van der Waals surface area (Å²) in [5, 5.41) is 5.60. The number of hydrogen-bond acceptors (Lipinski definition) is 4. The minimum Gasteiger partial charge on any atom is -0.437 e. The minimum absolute atomic E-state index is 0.668. The van der Waals surface area contributed by atoms with E-state index in [-0.39, 0.29) is 0 Å². The molecule has 5 heteroatoms. The summed E-state index contributed by atoms with van der Waals surface area (Å²) < 4.78 is 8.14. The zero-order valence-corrected chi connectivity index (χ0v) is 12.7. The zero-order valence-electron chi connectivity index (χ0n) is 11.9. The maximum atomic E-state index is 6.02. The molecule has 0 spiro atoms. The Bertz CT molecular complexity index is 773. The predicted octanol–water partition coefficient (Wildman–Crippen LogP) is 3.75. The largest absolute Gasteiger partial charge is 0.437 e. The summed E-state index contributed by atoms with van der Waals surface area (Å²) in [5.41, 5.74) is 2.28. The maximum Gasteiger partial charge on any atom is 0.243 e. The Kier molecular flexibility index (Phi) is 3.16. The lowest BCUT2D eigenvalue weighted by atomic mass is 10.2. The van der Waals surface area contributed by atoms with Crippen molar-refractivity contribution >= 4 is 16.3 Å². The van der Waals surface area contributed by atoms with Gasteiger partial charge in [0.2, 0.25) is 5.88 Å². The van der Waals surface area contributed by atoms with Crippen molar-refractivity contribution in [1.82, 2.24) is 14.7 Å². The molecular formula is C16H17N3OS. The molecule has 1 aromatic carbocycles. The van der Waals surface area contributed by atoms with Crippen LogP contribution in [-0.2, 0) is 6.54 Å². The zero-order chi connectivity index (χ0) is 14.2. The number of thiazole rings is 1. The van der Waals surface area contributed by atoms with E-state index in [1.807, 2.05) is 18.2 Å². The average molecular weight is 299 g/mol. The second-order valence-corrected chi connectivity index (χ2v) is 6.37. The van der Waals surface area contributed by atoms with Crippen molar-refractivity contribution < 1.29 is 4.74 Å². The van der Waals surface area contributed by atoms with Gasteiger partial charge >= 0.3 is 0 Å².